The van der Waals surface area contributed by atoms with Crippen LogP contribution in [0.25, 0.3) is 0 Å². The van der Waals surface area contributed by atoms with Crippen LogP contribution in [0.4, 0.5) is 5.69 Å². The Hall–Kier alpha value is -1.23. The van der Waals surface area contributed by atoms with Gasteiger partial charge in [0.2, 0.25) is 0 Å². The van der Waals surface area contributed by atoms with Crippen LogP contribution in [0.15, 0.2) is 46.9 Å². The van der Waals surface area contributed by atoms with Crippen molar-refractivity contribution in [2.45, 2.75) is 13.0 Å². The average Bonchev–Trinajstić information content (AvgIpc) is 2.45. The molecule has 0 spiro atoms. The maximum absolute atomic E-state index is 12.1. The first-order valence-corrected chi connectivity index (χ1v) is 7.69. The molecule has 0 saturated carbocycles. The van der Waals surface area contributed by atoms with E-state index >= 15 is 0 Å². The highest BCUT2D eigenvalue weighted by Gasteiger charge is 2.16. The van der Waals surface area contributed by atoms with Crippen molar-refractivity contribution in [1.29, 1.82) is 0 Å². The SMILES string of the molecule is C[C@@H](Oc1cc(Cl)ccc1Cl)C(=O)Nc1ccc(Br)cc1. The standard InChI is InChI=1S/C15H12BrCl2NO2/c1-9(21-14-8-11(17)4-7-13(14)18)15(20)19-12-5-2-10(16)3-6-12/h2-9H,1H3,(H,19,20)/t9-/m1/s1. The van der Waals surface area contributed by atoms with Gasteiger partial charge in [0.15, 0.2) is 6.10 Å². The number of carbonyl (C=O) groups excluding carboxylic acids is 1. The summed E-state index contributed by atoms with van der Waals surface area (Å²) in [6, 6.07) is 12.1. The Kier molecular flexibility index (Phi) is 5.51. The summed E-state index contributed by atoms with van der Waals surface area (Å²) in [6.07, 6.45) is -0.704. The maximum atomic E-state index is 12.1. The van der Waals surface area contributed by atoms with Gasteiger partial charge < -0.3 is 10.1 Å². The second-order valence-corrected chi connectivity index (χ2v) is 6.09. The molecule has 2 rings (SSSR count). The van der Waals surface area contributed by atoms with Crippen molar-refractivity contribution in [3.63, 3.8) is 0 Å². The molecule has 0 saturated heterocycles. The van der Waals surface area contributed by atoms with Crippen LogP contribution in [0.5, 0.6) is 5.75 Å². The molecule has 0 fully saturated rings. The lowest BCUT2D eigenvalue weighted by Gasteiger charge is -2.16. The molecule has 0 heterocycles. The number of amides is 1. The molecule has 1 atom stereocenters. The van der Waals surface area contributed by atoms with E-state index in [0.717, 1.165) is 4.47 Å². The van der Waals surface area contributed by atoms with Crippen LogP contribution in [-0.2, 0) is 4.79 Å². The Morgan fingerprint density at radius 1 is 1.19 bits per heavy atom. The van der Waals surface area contributed by atoms with Crippen LogP contribution in [-0.4, -0.2) is 12.0 Å². The van der Waals surface area contributed by atoms with E-state index in [1.165, 1.54) is 0 Å². The summed E-state index contributed by atoms with van der Waals surface area (Å²) >= 11 is 15.2. The monoisotopic (exact) mass is 387 g/mol. The molecular formula is C15H12BrCl2NO2. The number of halogens is 3. The van der Waals surface area contributed by atoms with Crippen LogP contribution in [0.2, 0.25) is 10.0 Å². The van der Waals surface area contributed by atoms with Gasteiger partial charge in [-0.1, -0.05) is 39.1 Å². The molecule has 0 bridgehead atoms. The van der Waals surface area contributed by atoms with Gasteiger partial charge in [-0.2, -0.15) is 0 Å². The minimum Gasteiger partial charge on any atom is -0.479 e. The molecule has 2 aromatic carbocycles. The highest BCUT2D eigenvalue weighted by Crippen LogP contribution is 2.28. The van der Waals surface area contributed by atoms with Gasteiger partial charge in [0, 0.05) is 21.2 Å². The Morgan fingerprint density at radius 2 is 1.86 bits per heavy atom. The summed E-state index contributed by atoms with van der Waals surface area (Å²) in [5, 5.41) is 3.66. The van der Waals surface area contributed by atoms with Crippen molar-refractivity contribution in [3.8, 4) is 5.75 Å². The first-order valence-electron chi connectivity index (χ1n) is 6.14. The smallest absolute Gasteiger partial charge is 0.265 e. The summed E-state index contributed by atoms with van der Waals surface area (Å²) in [5.41, 5.74) is 0.691. The van der Waals surface area contributed by atoms with Gasteiger partial charge in [-0.25, -0.2) is 0 Å². The van der Waals surface area contributed by atoms with Crippen LogP contribution >= 0.6 is 39.1 Å². The number of hydrogen-bond donors (Lipinski definition) is 1. The van der Waals surface area contributed by atoms with E-state index in [0.29, 0.717) is 21.5 Å². The first kappa shape index (κ1) is 16.1. The molecule has 110 valence electrons. The van der Waals surface area contributed by atoms with E-state index in [2.05, 4.69) is 21.2 Å². The number of nitrogens with one attached hydrogen (secondary N) is 1. The summed E-state index contributed by atoms with van der Waals surface area (Å²) in [7, 11) is 0. The molecule has 0 unspecified atom stereocenters. The van der Waals surface area contributed by atoms with Crippen LogP contribution in [0.1, 0.15) is 6.92 Å². The molecule has 0 aromatic heterocycles. The fraction of sp³-hybridized carbons (Fsp3) is 0.133. The number of ether oxygens (including phenoxy) is 1. The van der Waals surface area contributed by atoms with Gasteiger partial charge in [-0.05, 0) is 43.3 Å². The normalized spacial score (nSPS) is 11.8. The van der Waals surface area contributed by atoms with Crippen molar-refractivity contribution in [1.82, 2.24) is 0 Å². The molecule has 0 radical (unpaired) electrons. The Labute approximate surface area is 141 Å². The fourth-order valence-corrected chi connectivity index (χ4v) is 2.18. The molecule has 2 aromatic rings. The highest BCUT2D eigenvalue weighted by atomic mass is 79.9. The zero-order chi connectivity index (χ0) is 15.4. The molecule has 0 aliphatic rings. The minimum atomic E-state index is -0.704. The molecule has 0 aliphatic heterocycles. The Morgan fingerprint density at radius 3 is 2.52 bits per heavy atom. The van der Waals surface area contributed by atoms with Crippen LogP contribution < -0.4 is 10.1 Å². The topological polar surface area (TPSA) is 38.3 Å². The molecule has 1 N–H and O–H groups in total. The zero-order valence-corrected chi connectivity index (χ0v) is 14.2. The zero-order valence-electron chi connectivity index (χ0n) is 11.1. The largest absolute Gasteiger partial charge is 0.479 e. The first-order chi connectivity index (χ1) is 9.95. The number of benzene rings is 2. The summed E-state index contributed by atoms with van der Waals surface area (Å²) in [6.45, 7) is 1.64. The van der Waals surface area contributed by atoms with Crippen LogP contribution in [0, 0.1) is 0 Å². The van der Waals surface area contributed by atoms with E-state index in [1.807, 2.05) is 12.1 Å². The van der Waals surface area contributed by atoms with E-state index in [-0.39, 0.29) is 5.91 Å². The lowest BCUT2D eigenvalue weighted by molar-refractivity contribution is -0.122. The van der Waals surface area contributed by atoms with Crippen molar-refractivity contribution in [2.24, 2.45) is 0 Å². The summed E-state index contributed by atoms with van der Waals surface area (Å²) in [5.74, 6) is 0.107. The van der Waals surface area contributed by atoms with Gasteiger partial charge in [0.25, 0.3) is 5.91 Å². The second kappa shape index (κ2) is 7.16. The summed E-state index contributed by atoms with van der Waals surface area (Å²) < 4.78 is 6.49. The molecule has 6 heteroatoms. The minimum absolute atomic E-state index is 0.270. The second-order valence-electron chi connectivity index (χ2n) is 4.33. The van der Waals surface area contributed by atoms with Crippen molar-refractivity contribution in [3.05, 3.63) is 57.0 Å². The maximum Gasteiger partial charge on any atom is 0.265 e. The molecule has 0 aliphatic carbocycles. The summed E-state index contributed by atoms with van der Waals surface area (Å²) in [4.78, 5) is 12.1. The fourth-order valence-electron chi connectivity index (χ4n) is 1.59. The van der Waals surface area contributed by atoms with Crippen molar-refractivity contribution < 1.29 is 9.53 Å². The number of carbonyl (C=O) groups is 1. The number of rotatable bonds is 4. The van der Waals surface area contributed by atoms with Crippen molar-refractivity contribution >= 4 is 50.7 Å². The van der Waals surface area contributed by atoms with E-state index < -0.39 is 6.10 Å². The van der Waals surface area contributed by atoms with Gasteiger partial charge in [0.1, 0.15) is 5.75 Å². The van der Waals surface area contributed by atoms with E-state index in [4.69, 9.17) is 27.9 Å². The average molecular weight is 389 g/mol. The third-order valence-electron chi connectivity index (χ3n) is 2.68. The molecule has 21 heavy (non-hydrogen) atoms. The third-order valence-corrected chi connectivity index (χ3v) is 3.75. The number of anilines is 1. The van der Waals surface area contributed by atoms with Gasteiger partial charge >= 0.3 is 0 Å². The lowest BCUT2D eigenvalue weighted by atomic mass is 10.3. The lowest BCUT2D eigenvalue weighted by Crippen LogP contribution is -2.30. The molecular weight excluding hydrogens is 377 g/mol. The Bertz CT molecular complexity index is 647. The quantitative estimate of drug-likeness (QED) is 0.785. The van der Waals surface area contributed by atoms with Crippen LogP contribution in [0.3, 0.4) is 0 Å². The number of hydrogen-bond acceptors (Lipinski definition) is 2. The third kappa shape index (κ3) is 4.63. The van der Waals surface area contributed by atoms with Crippen molar-refractivity contribution in [2.75, 3.05) is 5.32 Å². The van der Waals surface area contributed by atoms with Gasteiger partial charge in [-0.15, -0.1) is 0 Å². The van der Waals surface area contributed by atoms with Gasteiger partial charge in [0.05, 0.1) is 5.02 Å². The molecule has 3 nitrogen and oxygen atoms in total. The highest BCUT2D eigenvalue weighted by molar-refractivity contribution is 9.10. The predicted molar refractivity (Wildman–Crippen MR) is 89.3 cm³/mol. The Balaban J connectivity index is 2.02. The van der Waals surface area contributed by atoms with Gasteiger partial charge in [-0.3, -0.25) is 4.79 Å². The van der Waals surface area contributed by atoms with E-state index in [1.54, 1.807) is 37.3 Å². The molecule has 1 amide bonds. The van der Waals surface area contributed by atoms with E-state index in [9.17, 15) is 4.79 Å². The predicted octanol–water partition coefficient (Wildman–Crippen LogP) is 5.16.